The molecule has 2 aliphatic heterocycles. The zero-order valence-electron chi connectivity index (χ0n) is 28.8. The highest BCUT2D eigenvalue weighted by atomic mass is 16.8. The zero-order valence-corrected chi connectivity index (χ0v) is 28.8. The molecule has 2 aromatic rings. The van der Waals surface area contributed by atoms with Crippen molar-refractivity contribution in [2.24, 2.45) is 28.6 Å². The maximum absolute atomic E-state index is 13.9. The molecule has 0 aromatic heterocycles. The van der Waals surface area contributed by atoms with Gasteiger partial charge in [0.15, 0.2) is 18.0 Å². The lowest BCUT2D eigenvalue weighted by molar-refractivity contribution is -0.458. The molecule has 4 aliphatic rings. The van der Waals surface area contributed by atoms with Gasteiger partial charge in [0.1, 0.15) is 18.3 Å². The molecule has 4 fully saturated rings. The number of rotatable bonds is 6. The van der Waals surface area contributed by atoms with Crippen molar-refractivity contribution >= 4 is 23.9 Å². The van der Waals surface area contributed by atoms with Crippen LogP contribution in [0.1, 0.15) is 68.7 Å². The van der Waals surface area contributed by atoms with E-state index < -0.39 is 101 Å². The molecule has 0 radical (unpaired) electrons. The number of carbonyl (C=O) groups is 4. The Morgan fingerprint density at radius 2 is 1.30 bits per heavy atom. The van der Waals surface area contributed by atoms with E-state index in [1.807, 2.05) is 0 Å². The molecular weight excluding hydrogens is 652 g/mol. The van der Waals surface area contributed by atoms with E-state index in [-0.39, 0.29) is 24.2 Å². The van der Waals surface area contributed by atoms with Gasteiger partial charge < -0.3 is 43.7 Å². The molecular formula is C37H44O13. The lowest BCUT2D eigenvalue weighted by atomic mass is 9.42. The number of ether oxygens (including phenoxy) is 6. The van der Waals surface area contributed by atoms with Crippen molar-refractivity contribution in [3.8, 4) is 0 Å². The van der Waals surface area contributed by atoms with E-state index in [1.54, 1.807) is 69.3 Å². The number of aliphatic hydroxyl groups is 3. The van der Waals surface area contributed by atoms with Gasteiger partial charge in [-0.3, -0.25) is 9.59 Å². The van der Waals surface area contributed by atoms with Gasteiger partial charge in [0.25, 0.3) is 0 Å². The summed E-state index contributed by atoms with van der Waals surface area (Å²) in [6, 6.07) is 16.2. The third-order valence-electron chi connectivity index (χ3n) is 11.4. The summed E-state index contributed by atoms with van der Waals surface area (Å²) >= 11 is 0. The minimum Gasteiger partial charge on any atom is -0.458 e. The van der Waals surface area contributed by atoms with Crippen LogP contribution < -0.4 is 0 Å². The summed E-state index contributed by atoms with van der Waals surface area (Å²) in [6.07, 6.45) is -8.63. The van der Waals surface area contributed by atoms with Crippen LogP contribution in [0.2, 0.25) is 0 Å². The second-order valence-corrected chi connectivity index (χ2v) is 14.8. The molecule has 50 heavy (non-hydrogen) atoms. The molecule has 6 rings (SSSR count). The van der Waals surface area contributed by atoms with Gasteiger partial charge >= 0.3 is 23.9 Å². The summed E-state index contributed by atoms with van der Waals surface area (Å²) in [6.45, 7) is 8.72. The lowest BCUT2D eigenvalue weighted by Crippen LogP contribution is -2.81. The van der Waals surface area contributed by atoms with Crippen LogP contribution in [0.15, 0.2) is 60.7 Å². The van der Waals surface area contributed by atoms with E-state index in [4.69, 9.17) is 28.4 Å². The maximum Gasteiger partial charge on any atom is 0.338 e. The molecule has 2 aromatic carbocycles. The summed E-state index contributed by atoms with van der Waals surface area (Å²) in [5.74, 6) is -10.7. The molecule has 270 valence electrons. The van der Waals surface area contributed by atoms with Crippen molar-refractivity contribution in [2.75, 3.05) is 6.61 Å². The van der Waals surface area contributed by atoms with E-state index in [0.717, 1.165) is 6.92 Å². The minimum atomic E-state index is -2.50. The predicted molar refractivity (Wildman–Crippen MR) is 172 cm³/mol. The van der Waals surface area contributed by atoms with Gasteiger partial charge in [-0.25, -0.2) is 9.59 Å². The van der Waals surface area contributed by atoms with Crippen molar-refractivity contribution in [2.45, 2.75) is 96.2 Å². The summed E-state index contributed by atoms with van der Waals surface area (Å²) in [5, 5.41) is 36.4. The Balaban J connectivity index is 1.60. The molecule has 2 heterocycles. The molecule has 0 bridgehead atoms. The Labute approximate surface area is 289 Å². The standard InChI is InChI=1S/C37H44O13/c1-19(38)46-25-17-24-34(3,4)30(41)28(47-20(2)39)31(49-33(43)22-15-11-8-12-16-22)35(24,5)29-27(48-32(42)21-13-9-7-10-14-21)26-23(40)18-45-36(26,6)50-37(25,29)44/h7-16,23-31,40-41,44H,17-18H2,1-6H3/t23-,24+,25-,26+,27-,28+,29-,30-,31+,35+,36-,37+/m1/s1. The van der Waals surface area contributed by atoms with Crippen LogP contribution in [-0.2, 0) is 38.0 Å². The number of esters is 4. The fourth-order valence-electron chi connectivity index (χ4n) is 9.30. The van der Waals surface area contributed by atoms with Gasteiger partial charge in [0, 0.05) is 19.3 Å². The van der Waals surface area contributed by atoms with Crippen molar-refractivity contribution < 1.29 is 62.9 Å². The number of hydrogen-bond donors (Lipinski definition) is 3. The second kappa shape index (κ2) is 12.7. The zero-order chi connectivity index (χ0) is 36.4. The first-order valence-corrected chi connectivity index (χ1v) is 16.7. The Morgan fingerprint density at radius 1 is 0.760 bits per heavy atom. The van der Waals surface area contributed by atoms with Gasteiger partial charge in [0.05, 0.1) is 35.7 Å². The van der Waals surface area contributed by atoms with Crippen molar-refractivity contribution in [3.05, 3.63) is 71.8 Å². The second-order valence-electron chi connectivity index (χ2n) is 14.8. The maximum atomic E-state index is 13.9. The van der Waals surface area contributed by atoms with Crippen LogP contribution >= 0.6 is 0 Å². The highest BCUT2D eigenvalue weighted by molar-refractivity contribution is 5.90. The lowest BCUT2D eigenvalue weighted by Gasteiger charge is -2.69. The number of hydrogen-bond acceptors (Lipinski definition) is 13. The molecule has 2 aliphatic carbocycles. The van der Waals surface area contributed by atoms with Gasteiger partial charge in [-0.05, 0) is 48.9 Å². The molecule has 3 N–H and O–H groups in total. The van der Waals surface area contributed by atoms with Crippen LogP contribution in [0.3, 0.4) is 0 Å². The number of benzene rings is 2. The van der Waals surface area contributed by atoms with Crippen molar-refractivity contribution in [1.29, 1.82) is 0 Å². The first-order valence-electron chi connectivity index (χ1n) is 16.7. The first-order chi connectivity index (χ1) is 23.4. The average Bonchev–Trinajstić information content (AvgIpc) is 3.36. The molecule has 12 atom stereocenters. The fourth-order valence-corrected chi connectivity index (χ4v) is 9.30. The average molecular weight is 697 g/mol. The smallest absolute Gasteiger partial charge is 0.338 e. The molecule has 0 unspecified atom stereocenters. The molecule has 2 saturated carbocycles. The summed E-state index contributed by atoms with van der Waals surface area (Å²) in [7, 11) is 0. The van der Waals surface area contributed by atoms with E-state index >= 15 is 0 Å². The summed E-state index contributed by atoms with van der Waals surface area (Å²) in [5.41, 5.74) is -2.42. The highest BCUT2D eigenvalue weighted by Crippen LogP contribution is 2.68. The molecule has 2 saturated heterocycles. The van der Waals surface area contributed by atoms with Crippen molar-refractivity contribution in [3.63, 3.8) is 0 Å². The normalized spacial score (nSPS) is 39.9. The molecule has 13 heteroatoms. The SMILES string of the molecule is CC(=O)O[C@H]1[C@@H](O)C(C)(C)[C@@H]2C[C@@H](OC(C)=O)[C@]3(O)O[C@@]4(C)OC[C@@H](O)[C@H]4[C@@H](OC(=O)c4ccccc4)[C@@H]3[C@@]2(C)[C@H]1OC(=O)c1ccccc1. The van der Waals surface area contributed by atoms with Crippen LogP contribution in [0.5, 0.6) is 0 Å². The predicted octanol–water partition coefficient (Wildman–Crippen LogP) is 2.79. The third-order valence-corrected chi connectivity index (χ3v) is 11.4. The quantitative estimate of drug-likeness (QED) is 0.296. The van der Waals surface area contributed by atoms with E-state index in [1.165, 1.54) is 26.0 Å². The van der Waals surface area contributed by atoms with Crippen LogP contribution in [0.4, 0.5) is 0 Å². The first kappa shape index (κ1) is 35.9. The van der Waals surface area contributed by atoms with Crippen LogP contribution in [0, 0.1) is 28.6 Å². The third kappa shape index (κ3) is 5.69. The summed E-state index contributed by atoms with van der Waals surface area (Å²) < 4.78 is 36.5. The topological polar surface area (TPSA) is 184 Å². The Bertz CT molecular complexity index is 1630. The Kier molecular flexibility index (Phi) is 9.13. The monoisotopic (exact) mass is 696 g/mol. The largest absolute Gasteiger partial charge is 0.458 e. The number of carbonyl (C=O) groups excluding carboxylic acids is 4. The van der Waals surface area contributed by atoms with E-state index in [2.05, 4.69) is 0 Å². The van der Waals surface area contributed by atoms with E-state index in [0.29, 0.717) is 0 Å². The summed E-state index contributed by atoms with van der Waals surface area (Å²) in [4.78, 5) is 53.0. The Hall–Kier alpha value is -3.88. The molecule has 13 nitrogen and oxygen atoms in total. The van der Waals surface area contributed by atoms with Crippen LogP contribution in [0.25, 0.3) is 0 Å². The molecule has 0 amide bonds. The highest BCUT2D eigenvalue weighted by Gasteiger charge is 2.80. The van der Waals surface area contributed by atoms with Gasteiger partial charge in [-0.15, -0.1) is 0 Å². The van der Waals surface area contributed by atoms with Gasteiger partial charge in [0.2, 0.25) is 5.79 Å². The number of aliphatic hydroxyl groups excluding tert-OH is 2. The fraction of sp³-hybridized carbons (Fsp3) is 0.568. The van der Waals surface area contributed by atoms with Crippen molar-refractivity contribution in [1.82, 2.24) is 0 Å². The van der Waals surface area contributed by atoms with Gasteiger partial charge in [-0.2, -0.15) is 0 Å². The minimum absolute atomic E-state index is 0.123. The van der Waals surface area contributed by atoms with Gasteiger partial charge in [-0.1, -0.05) is 57.2 Å². The molecule has 0 spiro atoms. The van der Waals surface area contributed by atoms with E-state index in [9.17, 15) is 34.5 Å². The van der Waals surface area contributed by atoms with Crippen LogP contribution in [-0.4, -0.2) is 94.0 Å². The number of fused-ring (bicyclic) bond motifs is 4. The Morgan fingerprint density at radius 3 is 1.84 bits per heavy atom.